The quantitative estimate of drug-likeness (QED) is 0.532. The van der Waals surface area contributed by atoms with E-state index >= 15 is 0 Å². The molecule has 0 aliphatic heterocycles. The van der Waals surface area contributed by atoms with E-state index in [1.54, 1.807) is 4.90 Å². The Morgan fingerprint density at radius 2 is 1.85 bits per heavy atom. The van der Waals surface area contributed by atoms with Gasteiger partial charge in [0.2, 0.25) is 5.91 Å². The van der Waals surface area contributed by atoms with Crippen molar-refractivity contribution in [2.75, 3.05) is 25.5 Å². The zero-order chi connectivity index (χ0) is 15.0. The summed E-state index contributed by atoms with van der Waals surface area (Å²) >= 11 is 3.37. The summed E-state index contributed by atoms with van der Waals surface area (Å²) in [6.45, 7) is 5.27. The summed E-state index contributed by atoms with van der Waals surface area (Å²) in [6.07, 6.45) is 2.59. The third kappa shape index (κ3) is 6.42. The van der Waals surface area contributed by atoms with Crippen LogP contribution in [0.1, 0.15) is 30.4 Å². The maximum absolute atomic E-state index is 11.8. The molecule has 0 atom stereocenters. The van der Waals surface area contributed by atoms with E-state index in [9.17, 15) is 4.79 Å². The molecule has 1 amide bonds. The number of carbonyl (C=O) groups excluding carboxylic acids is 1. The molecule has 0 fully saturated rings. The number of benzene rings is 1. The molecule has 0 aromatic heterocycles. The maximum Gasteiger partial charge on any atom is 0.222 e. The molecule has 0 bridgehead atoms. The largest absolute Gasteiger partial charge is 0.492 e. The number of hydrogen-bond donors (Lipinski definition) is 0. The number of ether oxygens (including phenoxy) is 1. The van der Waals surface area contributed by atoms with E-state index in [1.165, 1.54) is 11.1 Å². The fraction of sp³-hybridized carbons (Fsp3) is 0.562. The van der Waals surface area contributed by atoms with Crippen LogP contribution >= 0.6 is 15.9 Å². The average Bonchev–Trinajstić information content (AvgIpc) is 2.37. The van der Waals surface area contributed by atoms with Crippen molar-refractivity contribution in [3.8, 4) is 5.75 Å². The second-order valence-corrected chi connectivity index (χ2v) is 5.93. The van der Waals surface area contributed by atoms with Crippen molar-refractivity contribution < 1.29 is 9.53 Å². The molecule has 1 rings (SSSR count). The van der Waals surface area contributed by atoms with Crippen molar-refractivity contribution in [2.45, 2.75) is 33.1 Å². The highest BCUT2D eigenvalue weighted by atomic mass is 79.9. The minimum Gasteiger partial charge on any atom is -0.492 e. The van der Waals surface area contributed by atoms with E-state index < -0.39 is 0 Å². The van der Waals surface area contributed by atoms with Gasteiger partial charge in [-0.05, 0) is 49.9 Å². The summed E-state index contributed by atoms with van der Waals surface area (Å²) in [5.41, 5.74) is 2.39. The molecule has 0 heterocycles. The molecule has 20 heavy (non-hydrogen) atoms. The smallest absolute Gasteiger partial charge is 0.222 e. The van der Waals surface area contributed by atoms with Gasteiger partial charge in [-0.3, -0.25) is 4.79 Å². The molecule has 0 saturated carbocycles. The maximum atomic E-state index is 11.8. The highest BCUT2D eigenvalue weighted by Crippen LogP contribution is 2.16. The van der Waals surface area contributed by atoms with E-state index in [1.807, 2.05) is 19.2 Å². The van der Waals surface area contributed by atoms with E-state index in [4.69, 9.17) is 4.74 Å². The van der Waals surface area contributed by atoms with Crippen LogP contribution in [0.3, 0.4) is 0 Å². The first-order valence-corrected chi connectivity index (χ1v) is 8.16. The van der Waals surface area contributed by atoms with Gasteiger partial charge in [-0.25, -0.2) is 0 Å². The molecule has 0 aliphatic carbocycles. The number of alkyl halides is 1. The van der Waals surface area contributed by atoms with Crippen molar-refractivity contribution in [1.82, 2.24) is 4.90 Å². The standard InChI is InChI=1S/C16H24BrNO2/c1-13-10-14(2)12-15(11-13)20-9-8-18(3)16(19)6-4-5-7-17/h10-12H,4-9H2,1-3H3. The number of carbonyl (C=O) groups is 1. The molecule has 4 heteroatoms. The van der Waals surface area contributed by atoms with Gasteiger partial charge in [0.1, 0.15) is 12.4 Å². The summed E-state index contributed by atoms with van der Waals surface area (Å²) in [7, 11) is 1.83. The lowest BCUT2D eigenvalue weighted by atomic mass is 10.1. The van der Waals surface area contributed by atoms with E-state index in [2.05, 4.69) is 35.8 Å². The number of halogens is 1. The Morgan fingerprint density at radius 3 is 2.45 bits per heavy atom. The van der Waals surface area contributed by atoms with Crippen LogP contribution in [-0.2, 0) is 4.79 Å². The van der Waals surface area contributed by atoms with Crippen LogP contribution in [0.5, 0.6) is 5.75 Å². The van der Waals surface area contributed by atoms with Crippen molar-refractivity contribution in [1.29, 1.82) is 0 Å². The molecular weight excluding hydrogens is 318 g/mol. The minimum absolute atomic E-state index is 0.190. The Bertz CT molecular complexity index is 414. The molecule has 0 spiro atoms. The number of amides is 1. The fourth-order valence-electron chi connectivity index (χ4n) is 2.00. The van der Waals surface area contributed by atoms with E-state index in [-0.39, 0.29) is 5.91 Å². The lowest BCUT2D eigenvalue weighted by Gasteiger charge is -2.17. The van der Waals surface area contributed by atoms with Gasteiger partial charge in [0.05, 0.1) is 6.54 Å². The second-order valence-electron chi connectivity index (χ2n) is 5.13. The fourth-order valence-corrected chi connectivity index (χ4v) is 2.40. The zero-order valence-electron chi connectivity index (χ0n) is 12.6. The minimum atomic E-state index is 0.190. The highest BCUT2D eigenvalue weighted by Gasteiger charge is 2.08. The third-order valence-corrected chi connectivity index (χ3v) is 3.65. The molecular formula is C16H24BrNO2. The lowest BCUT2D eigenvalue weighted by Crippen LogP contribution is -2.30. The SMILES string of the molecule is Cc1cc(C)cc(OCCN(C)C(=O)CCCCBr)c1. The van der Waals surface area contributed by atoms with Crippen LogP contribution in [-0.4, -0.2) is 36.3 Å². The van der Waals surface area contributed by atoms with Crippen LogP contribution in [0.15, 0.2) is 18.2 Å². The Labute approximate surface area is 130 Å². The second kappa shape index (κ2) is 9.01. The normalized spacial score (nSPS) is 10.4. The number of unbranched alkanes of at least 4 members (excludes halogenated alkanes) is 1. The Hall–Kier alpha value is -1.03. The molecule has 0 radical (unpaired) electrons. The molecule has 0 unspecified atom stereocenters. The number of likely N-dealkylation sites (N-methyl/N-ethyl adjacent to an activating group) is 1. The first-order chi connectivity index (χ1) is 9.52. The molecule has 1 aromatic carbocycles. The van der Waals surface area contributed by atoms with Gasteiger partial charge >= 0.3 is 0 Å². The summed E-state index contributed by atoms with van der Waals surface area (Å²) in [5, 5.41) is 0.958. The van der Waals surface area contributed by atoms with Crippen molar-refractivity contribution >= 4 is 21.8 Å². The molecule has 112 valence electrons. The van der Waals surface area contributed by atoms with Crippen LogP contribution < -0.4 is 4.74 Å². The summed E-state index contributed by atoms with van der Waals surface area (Å²) in [6, 6.07) is 6.15. The predicted octanol–water partition coefficient (Wildman–Crippen LogP) is 3.71. The molecule has 3 nitrogen and oxygen atoms in total. The number of rotatable bonds is 8. The van der Waals surface area contributed by atoms with Gasteiger partial charge in [0.15, 0.2) is 0 Å². The molecule has 0 saturated heterocycles. The zero-order valence-corrected chi connectivity index (χ0v) is 14.2. The number of aryl methyl sites for hydroxylation is 2. The van der Waals surface area contributed by atoms with Crippen LogP contribution in [0, 0.1) is 13.8 Å². The van der Waals surface area contributed by atoms with E-state index in [0.717, 1.165) is 23.9 Å². The van der Waals surface area contributed by atoms with Gasteiger partial charge in [-0.2, -0.15) is 0 Å². The molecule has 0 N–H and O–H groups in total. The van der Waals surface area contributed by atoms with Gasteiger partial charge in [-0.1, -0.05) is 22.0 Å². The van der Waals surface area contributed by atoms with E-state index in [0.29, 0.717) is 19.6 Å². The highest BCUT2D eigenvalue weighted by molar-refractivity contribution is 9.09. The summed E-state index contributed by atoms with van der Waals surface area (Å²) in [5.74, 6) is 1.07. The predicted molar refractivity (Wildman–Crippen MR) is 86.7 cm³/mol. The Kier molecular flexibility index (Phi) is 7.67. The summed E-state index contributed by atoms with van der Waals surface area (Å²) in [4.78, 5) is 13.6. The third-order valence-electron chi connectivity index (χ3n) is 3.09. The topological polar surface area (TPSA) is 29.5 Å². The average molecular weight is 342 g/mol. The van der Waals surface area contributed by atoms with Gasteiger partial charge in [-0.15, -0.1) is 0 Å². The number of hydrogen-bond acceptors (Lipinski definition) is 2. The van der Waals surface area contributed by atoms with Crippen LogP contribution in [0.2, 0.25) is 0 Å². The Balaban J connectivity index is 2.30. The number of nitrogens with zero attached hydrogens (tertiary/aromatic N) is 1. The summed E-state index contributed by atoms with van der Waals surface area (Å²) < 4.78 is 5.71. The Morgan fingerprint density at radius 1 is 1.20 bits per heavy atom. The molecule has 0 aliphatic rings. The monoisotopic (exact) mass is 341 g/mol. The van der Waals surface area contributed by atoms with Gasteiger partial charge < -0.3 is 9.64 Å². The van der Waals surface area contributed by atoms with Gasteiger partial charge in [0, 0.05) is 18.8 Å². The van der Waals surface area contributed by atoms with Crippen molar-refractivity contribution in [2.24, 2.45) is 0 Å². The van der Waals surface area contributed by atoms with Crippen molar-refractivity contribution in [3.63, 3.8) is 0 Å². The van der Waals surface area contributed by atoms with Crippen molar-refractivity contribution in [3.05, 3.63) is 29.3 Å². The van der Waals surface area contributed by atoms with Crippen LogP contribution in [0.4, 0.5) is 0 Å². The first kappa shape index (κ1) is 17.0. The lowest BCUT2D eigenvalue weighted by molar-refractivity contribution is -0.130. The van der Waals surface area contributed by atoms with Gasteiger partial charge in [0.25, 0.3) is 0 Å². The molecule has 1 aromatic rings. The first-order valence-electron chi connectivity index (χ1n) is 7.04. The van der Waals surface area contributed by atoms with Crippen LogP contribution in [0.25, 0.3) is 0 Å².